The molecule has 2 aliphatic rings. The maximum absolute atomic E-state index is 5.94. The minimum Gasteiger partial charge on any atom is -0.378 e. The molecule has 0 aromatic rings. The zero-order valence-electron chi connectivity index (χ0n) is 8.18. The van der Waals surface area contributed by atoms with E-state index in [0.717, 1.165) is 18.4 Å². The van der Waals surface area contributed by atoms with Crippen LogP contribution in [0.25, 0.3) is 0 Å². The van der Waals surface area contributed by atoms with Crippen LogP contribution in [0.2, 0.25) is 0 Å². The summed E-state index contributed by atoms with van der Waals surface area (Å²) < 4.78 is 5.81. The van der Waals surface area contributed by atoms with E-state index in [0.29, 0.717) is 12.0 Å². The van der Waals surface area contributed by atoms with Gasteiger partial charge in [-0.25, -0.2) is 0 Å². The van der Waals surface area contributed by atoms with Crippen LogP contribution in [-0.2, 0) is 4.74 Å². The zero-order valence-corrected chi connectivity index (χ0v) is 8.93. The second kappa shape index (κ2) is 4.65. The lowest BCUT2D eigenvalue weighted by molar-refractivity contribution is 0.0308. The van der Waals surface area contributed by atoms with Crippen molar-refractivity contribution >= 4 is 11.6 Å². The Bertz CT molecular complexity index is 154. The first-order valence-corrected chi connectivity index (χ1v) is 6.13. The summed E-state index contributed by atoms with van der Waals surface area (Å²) in [7, 11) is 0. The lowest BCUT2D eigenvalue weighted by atomic mass is 9.81. The average Bonchev–Trinajstić information content (AvgIpc) is 2.67. The van der Waals surface area contributed by atoms with E-state index in [1.807, 2.05) is 0 Å². The van der Waals surface area contributed by atoms with Gasteiger partial charge in [-0.1, -0.05) is 19.3 Å². The Hall–Kier alpha value is 0.250. The third-order valence-electron chi connectivity index (χ3n) is 3.58. The van der Waals surface area contributed by atoms with Crippen LogP contribution in [0.4, 0.5) is 0 Å². The normalized spacial score (nSPS) is 36.7. The summed E-state index contributed by atoms with van der Waals surface area (Å²) in [5.74, 6) is 2.26. The molecule has 0 aromatic heterocycles. The van der Waals surface area contributed by atoms with Gasteiger partial charge in [-0.3, -0.25) is 0 Å². The molecule has 0 bridgehead atoms. The number of hydrogen-bond acceptors (Lipinski definition) is 1. The van der Waals surface area contributed by atoms with Crippen LogP contribution in [0.3, 0.4) is 0 Å². The first-order chi connectivity index (χ1) is 6.42. The Balaban J connectivity index is 1.90. The first-order valence-electron chi connectivity index (χ1n) is 5.59. The third-order valence-corrected chi connectivity index (χ3v) is 3.97. The fourth-order valence-electron chi connectivity index (χ4n) is 2.80. The summed E-state index contributed by atoms with van der Waals surface area (Å²) >= 11 is 5.94. The summed E-state index contributed by atoms with van der Waals surface area (Å²) in [6.07, 6.45) is 8.66. The molecule has 0 spiro atoms. The van der Waals surface area contributed by atoms with Gasteiger partial charge < -0.3 is 4.74 Å². The van der Waals surface area contributed by atoms with E-state index in [2.05, 4.69) is 0 Å². The summed E-state index contributed by atoms with van der Waals surface area (Å²) in [6.45, 7) is 0.943. The molecule has 0 aromatic carbocycles. The summed E-state index contributed by atoms with van der Waals surface area (Å²) in [4.78, 5) is 0. The van der Waals surface area contributed by atoms with Crippen LogP contribution >= 0.6 is 11.6 Å². The maximum atomic E-state index is 5.94. The fraction of sp³-hybridized carbons (Fsp3) is 1.00. The van der Waals surface area contributed by atoms with Crippen molar-refractivity contribution in [3.05, 3.63) is 0 Å². The predicted octanol–water partition coefficient (Wildman–Crippen LogP) is 3.21. The third kappa shape index (κ3) is 2.19. The zero-order chi connectivity index (χ0) is 9.10. The molecule has 1 heterocycles. The molecule has 2 heteroatoms. The van der Waals surface area contributed by atoms with Gasteiger partial charge in [0, 0.05) is 18.4 Å². The molecule has 1 nitrogen and oxygen atoms in total. The van der Waals surface area contributed by atoms with Crippen LogP contribution in [0, 0.1) is 11.8 Å². The molecule has 0 N–H and O–H groups in total. The van der Waals surface area contributed by atoms with Gasteiger partial charge in [0.05, 0.1) is 6.10 Å². The minimum atomic E-state index is 0.498. The van der Waals surface area contributed by atoms with Crippen molar-refractivity contribution in [3.8, 4) is 0 Å². The molecule has 2 unspecified atom stereocenters. The van der Waals surface area contributed by atoms with Crippen molar-refractivity contribution in [3.63, 3.8) is 0 Å². The monoisotopic (exact) mass is 202 g/mol. The highest BCUT2D eigenvalue weighted by atomic mass is 35.5. The van der Waals surface area contributed by atoms with Crippen molar-refractivity contribution in [1.82, 2.24) is 0 Å². The Morgan fingerprint density at radius 3 is 2.54 bits per heavy atom. The Kier molecular flexibility index (Phi) is 3.51. The molecule has 1 aliphatic carbocycles. The summed E-state index contributed by atoms with van der Waals surface area (Å²) in [5, 5.41) is 0. The van der Waals surface area contributed by atoms with Crippen LogP contribution in [0.5, 0.6) is 0 Å². The van der Waals surface area contributed by atoms with Crippen molar-refractivity contribution in [2.24, 2.45) is 11.8 Å². The Morgan fingerprint density at radius 1 is 1.08 bits per heavy atom. The first kappa shape index (κ1) is 9.79. The number of rotatable bonds is 2. The van der Waals surface area contributed by atoms with Gasteiger partial charge in [0.1, 0.15) is 0 Å². The quantitative estimate of drug-likeness (QED) is 0.625. The smallest absolute Gasteiger partial charge is 0.0643 e. The summed E-state index contributed by atoms with van der Waals surface area (Å²) in [6, 6.07) is 0. The molecule has 0 amide bonds. The van der Waals surface area contributed by atoms with Gasteiger partial charge in [0.25, 0.3) is 0 Å². The van der Waals surface area contributed by atoms with E-state index in [-0.39, 0.29) is 0 Å². The van der Waals surface area contributed by atoms with Crippen molar-refractivity contribution in [2.45, 2.75) is 44.6 Å². The molecule has 2 rings (SSSR count). The van der Waals surface area contributed by atoms with Gasteiger partial charge in [-0.05, 0) is 25.2 Å². The molecule has 1 saturated carbocycles. The highest BCUT2D eigenvalue weighted by Crippen LogP contribution is 2.36. The lowest BCUT2D eigenvalue weighted by Gasteiger charge is -2.29. The SMILES string of the molecule is ClCC1CCOC1C1CCCCC1. The number of ether oxygens (including phenoxy) is 1. The predicted molar refractivity (Wildman–Crippen MR) is 55.1 cm³/mol. The highest BCUT2D eigenvalue weighted by molar-refractivity contribution is 6.18. The lowest BCUT2D eigenvalue weighted by Crippen LogP contribution is -2.29. The van der Waals surface area contributed by atoms with Crippen LogP contribution in [-0.4, -0.2) is 18.6 Å². The number of alkyl halides is 1. The molecule has 0 radical (unpaired) electrons. The van der Waals surface area contributed by atoms with E-state index in [4.69, 9.17) is 16.3 Å². The van der Waals surface area contributed by atoms with Crippen LogP contribution < -0.4 is 0 Å². The molecule has 13 heavy (non-hydrogen) atoms. The van der Waals surface area contributed by atoms with Crippen molar-refractivity contribution < 1.29 is 4.74 Å². The number of hydrogen-bond donors (Lipinski definition) is 0. The maximum Gasteiger partial charge on any atom is 0.0643 e. The molecule has 1 aliphatic heterocycles. The highest BCUT2D eigenvalue weighted by Gasteiger charge is 2.34. The van der Waals surface area contributed by atoms with Gasteiger partial charge >= 0.3 is 0 Å². The Labute approximate surface area is 85.8 Å². The van der Waals surface area contributed by atoms with Gasteiger partial charge in [-0.15, -0.1) is 11.6 Å². The topological polar surface area (TPSA) is 9.23 Å². The average molecular weight is 203 g/mol. The van der Waals surface area contributed by atoms with Crippen LogP contribution in [0.15, 0.2) is 0 Å². The van der Waals surface area contributed by atoms with E-state index in [1.54, 1.807) is 0 Å². The minimum absolute atomic E-state index is 0.498. The summed E-state index contributed by atoms with van der Waals surface area (Å²) in [5.41, 5.74) is 0. The molecule has 76 valence electrons. The second-order valence-electron chi connectivity index (χ2n) is 4.44. The second-order valence-corrected chi connectivity index (χ2v) is 4.75. The van der Waals surface area contributed by atoms with E-state index < -0.39 is 0 Å². The van der Waals surface area contributed by atoms with Crippen LogP contribution in [0.1, 0.15) is 38.5 Å². The molecule has 2 atom stereocenters. The Morgan fingerprint density at radius 2 is 1.85 bits per heavy atom. The van der Waals surface area contributed by atoms with E-state index in [9.17, 15) is 0 Å². The standard InChI is InChI=1S/C11H19ClO/c12-8-10-6-7-13-11(10)9-4-2-1-3-5-9/h9-11H,1-8H2. The fourth-order valence-corrected chi connectivity index (χ4v) is 3.13. The molecule has 2 fully saturated rings. The van der Waals surface area contributed by atoms with Crippen molar-refractivity contribution in [2.75, 3.05) is 12.5 Å². The molecule has 1 saturated heterocycles. The van der Waals surface area contributed by atoms with Crippen molar-refractivity contribution in [1.29, 1.82) is 0 Å². The van der Waals surface area contributed by atoms with Gasteiger partial charge in [0.15, 0.2) is 0 Å². The van der Waals surface area contributed by atoms with Gasteiger partial charge in [-0.2, -0.15) is 0 Å². The van der Waals surface area contributed by atoms with E-state index in [1.165, 1.54) is 38.5 Å². The largest absolute Gasteiger partial charge is 0.378 e. The molecular weight excluding hydrogens is 184 g/mol. The number of halogens is 1. The van der Waals surface area contributed by atoms with E-state index >= 15 is 0 Å². The molecular formula is C11H19ClO. The van der Waals surface area contributed by atoms with Gasteiger partial charge in [0.2, 0.25) is 0 Å².